The summed E-state index contributed by atoms with van der Waals surface area (Å²) >= 11 is 0. The van der Waals surface area contributed by atoms with Crippen LogP contribution >= 0.6 is 0 Å². The Morgan fingerprint density at radius 1 is 1.31 bits per heavy atom. The number of nitrogens with one attached hydrogen (secondary N) is 1. The summed E-state index contributed by atoms with van der Waals surface area (Å²) in [4.78, 5) is 11.7. The molecule has 0 saturated heterocycles. The molecule has 0 bridgehead atoms. The van der Waals surface area contributed by atoms with Crippen LogP contribution in [0.3, 0.4) is 0 Å². The van der Waals surface area contributed by atoms with Crippen LogP contribution in [0.5, 0.6) is 0 Å². The summed E-state index contributed by atoms with van der Waals surface area (Å²) in [7, 11) is 0. The average molecular weight is 226 g/mol. The van der Waals surface area contributed by atoms with E-state index in [4.69, 9.17) is 5.73 Å². The van der Waals surface area contributed by atoms with Crippen molar-refractivity contribution in [2.24, 2.45) is 17.1 Å². The van der Waals surface area contributed by atoms with Gasteiger partial charge in [-0.25, -0.2) is 0 Å². The SMILES string of the molecule is CC(C)(CN)CC(=O)NCC1CCCCC1. The maximum absolute atomic E-state index is 11.7. The zero-order chi connectivity index (χ0) is 12.0. The van der Waals surface area contributed by atoms with Gasteiger partial charge in [-0.05, 0) is 30.7 Å². The molecule has 3 nitrogen and oxygen atoms in total. The van der Waals surface area contributed by atoms with Gasteiger partial charge in [-0.2, -0.15) is 0 Å². The molecule has 1 aliphatic rings. The van der Waals surface area contributed by atoms with Crippen LogP contribution in [0.4, 0.5) is 0 Å². The average Bonchev–Trinajstić information content (AvgIpc) is 2.27. The lowest BCUT2D eigenvalue weighted by Crippen LogP contribution is -2.35. The molecule has 3 N–H and O–H groups in total. The minimum atomic E-state index is -0.0728. The van der Waals surface area contributed by atoms with Gasteiger partial charge in [0.05, 0.1) is 0 Å². The largest absolute Gasteiger partial charge is 0.356 e. The van der Waals surface area contributed by atoms with Crippen LogP contribution in [-0.4, -0.2) is 19.0 Å². The van der Waals surface area contributed by atoms with E-state index in [1.165, 1.54) is 32.1 Å². The van der Waals surface area contributed by atoms with Crippen LogP contribution < -0.4 is 11.1 Å². The molecule has 1 rings (SSSR count). The van der Waals surface area contributed by atoms with Crippen LogP contribution in [-0.2, 0) is 4.79 Å². The van der Waals surface area contributed by atoms with Crippen LogP contribution in [0.2, 0.25) is 0 Å². The number of carbonyl (C=O) groups is 1. The molecule has 0 aromatic rings. The van der Waals surface area contributed by atoms with Gasteiger partial charge in [0.2, 0.25) is 5.91 Å². The minimum absolute atomic E-state index is 0.0728. The fourth-order valence-electron chi connectivity index (χ4n) is 2.22. The van der Waals surface area contributed by atoms with E-state index in [9.17, 15) is 4.79 Å². The monoisotopic (exact) mass is 226 g/mol. The van der Waals surface area contributed by atoms with Gasteiger partial charge < -0.3 is 11.1 Å². The van der Waals surface area contributed by atoms with Gasteiger partial charge in [-0.15, -0.1) is 0 Å². The molecular weight excluding hydrogens is 200 g/mol. The standard InChI is InChI=1S/C13H26N2O/c1-13(2,10-14)8-12(16)15-9-11-6-4-3-5-7-11/h11H,3-10,14H2,1-2H3,(H,15,16). The van der Waals surface area contributed by atoms with Crippen molar-refractivity contribution in [1.82, 2.24) is 5.32 Å². The molecule has 0 radical (unpaired) electrons. The number of rotatable bonds is 5. The Labute approximate surface area is 99.2 Å². The molecule has 1 saturated carbocycles. The Bertz CT molecular complexity index is 220. The normalized spacial score (nSPS) is 18.4. The molecule has 0 unspecified atom stereocenters. The van der Waals surface area contributed by atoms with E-state index in [0.29, 0.717) is 18.9 Å². The van der Waals surface area contributed by atoms with E-state index in [-0.39, 0.29) is 11.3 Å². The summed E-state index contributed by atoms with van der Waals surface area (Å²) in [5, 5.41) is 3.05. The molecule has 0 heterocycles. The summed E-state index contributed by atoms with van der Waals surface area (Å²) in [6, 6.07) is 0. The van der Waals surface area contributed by atoms with E-state index >= 15 is 0 Å². The topological polar surface area (TPSA) is 55.1 Å². The number of hydrogen-bond acceptors (Lipinski definition) is 2. The minimum Gasteiger partial charge on any atom is -0.356 e. The van der Waals surface area contributed by atoms with Gasteiger partial charge in [0.1, 0.15) is 0 Å². The molecular formula is C13H26N2O. The molecule has 94 valence electrons. The zero-order valence-corrected chi connectivity index (χ0v) is 10.7. The molecule has 0 atom stereocenters. The highest BCUT2D eigenvalue weighted by atomic mass is 16.1. The van der Waals surface area contributed by atoms with Crippen molar-refractivity contribution in [3.8, 4) is 0 Å². The fourth-order valence-corrected chi connectivity index (χ4v) is 2.22. The first-order valence-electron chi connectivity index (χ1n) is 6.50. The summed E-state index contributed by atoms with van der Waals surface area (Å²) in [6.07, 6.45) is 7.12. The Morgan fingerprint density at radius 2 is 1.94 bits per heavy atom. The van der Waals surface area contributed by atoms with Gasteiger partial charge in [-0.3, -0.25) is 4.79 Å². The van der Waals surface area contributed by atoms with E-state index in [1.54, 1.807) is 0 Å². The maximum Gasteiger partial charge on any atom is 0.220 e. The highest BCUT2D eigenvalue weighted by Gasteiger charge is 2.21. The lowest BCUT2D eigenvalue weighted by molar-refractivity contribution is -0.123. The van der Waals surface area contributed by atoms with Gasteiger partial charge in [0.15, 0.2) is 0 Å². The van der Waals surface area contributed by atoms with Crippen molar-refractivity contribution in [2.75, 3.05) is 13.1 Å². The molecule has 0 spiro atoms. The predicted molar refractivity (Wildman–Crippen MR) is 67.0 cm³/mol. The van der Waals surface area contributed by atoms with Crippen molar-refractivity contribution < 1.29 is 4.79 Å². The Kier molecular flexibility index (Phi) is 5.26. The Morgan fingerprint density at radius 3 is 2.50 bits per heavy atom. The molecule has 16 heavy (non-hydrogen) atoms. The number of carbonyl (C=O) groups excluding carboxylic acids is 1. The van der Waals surface area contributed by atoms with Crippen LogP contribution in [0.25, 0.3) is 0 Å². The second-order valence-electron chi connectivity index (χ2n) is 5.85. The molecule has 0 aliphatic heterocycles. The summed E-state index contributed by atoms with van der Waals surface area (Å²) in [5.41, 5.74) is 5.54. The highest BCUT2D eigenvalue weighted by molar-refractivity contribution is 5.76. The van der Waals surface area contributed by atoms with Gasteiger partial charge in [0, 0.05) is 13.0 Å². The van der Waals surface area contributed by atoms with E-state index in [1.807, 2.05) is 13.8 Å². The summed E-state index contributed by atoms with van der Waals surface area (Å²) in [5.74, 6) is 0.861. The lowest BCUT2D eigenvalue weighted by Gasteiger charge is -2.24. The second kappa shape index (κ2) is 6.24. The van der Waals surface area contributed by atoms with Gasteiger partial charge in [-0.1, -0.05) is 33.1 Å². The van der Waals surface area contributed by atoms with Crippen molar-refractivity contribution in [1.29, 1.82) is 0 Å². The molecule has 0 aromatic carbocycles. The number of amides is 1. The van der Waals surface area contributed by atoms with Crippen molar-refractivity contribution in [3.63, 3.8) is 0 Å². The Hall–Kier alpha value is -0.570. The van der Waals surface area contributed by atoms with Crippen molar-refractivity contribution in [3.05, 3.63) is 0 Å². The summed E-state index contributed by atoms with van der Waals surface area (Å²) < 4.78 is 0. The fraction of sp³-hybridized carbons (Fsp3) is 0.923. The van der Waals surface area contributed by atoms with E-state index in [2.05, 4.69) is 5.32 Å². The Balaban J connectivity index is 2.19. The predicted octanol–water partition coefficient (Wildman–Crippen LogP) is 2.06. The van der Waals surface area contributed by atoms with E-state index < -0.39 is 0 Å². The van der Waals surface area contributed by atoms with Crippen LogP contribution in [0.15, 0.2) is 0 Å². The highest BCUT2D eigenvalue weighted by Crippen LogP contribution is 2.23. The van der Waals surface area contributed by atoms with Gasteiger partial charge >= 0.3 is 0 Å². The second-order valence-corrected chi connectivity index (χ2v) is 5.85. The molecule has 1 fully saturated rings. The number of hydrogen-bond donors (Lipinski definition) is 2. The number of nitrogens with two attached hydrogens (primary N) is 1. The van der Waals surface area contributed by atoms with Crippen LogP contribution in [0, 0.1) is 11.3 Å². The molecule has 3 heteroatoms. The van der Waals surface area contributed by atoms with Crippen molar-refractivity contribution in [2.45, 2.75) is 52.4 Å². The first-order chi connectivity index (χ1) is 7.53. The lowest BCUT2D eigenvalue weighted by atomic mass is 9.88. The zero-order valence-electron chi connectivity index (χ0n) is 10.7. The van der Waals surface area contributed by atoms with Gasteiger partial charge in [0.25, 0.3) is 0 Å². The first kappa shape index (κ1) is 13.5. The third-order valence-electron chi connectivity index (χ3n) is 3.50. The van der Waals surface area contributed by atoms with Crippen LogP contribution in [0.1, 0.15) is 52.4 Å². The summed E-state index contributed by atoms with van der Waals surface area (Å²) in [6.45, 7) is 5.49. The quantitative estimate of drug-likeness (QED) is 0.754. The molecule has 0 aromatic heterocycles. The first-order valence-corrected chi connectivity index (χ1v) is 6.50. The smallest absolute Gasteiger partial charge is 0.220 e. The third kappa shape index (κ3) is 4.97. The van der Waals surface area contributed by atoms with Crippen molar-refractivity contribution >= 4 is 5.91 Å². The maximum atomic E-state index is 11.7. The van der Waals surface area contributed by atoms with E-state index in [0.717, 1.165) is 6.54 Å². The molecule has 1 amide bonds. The molecule has 1 aliphatic carbocycles. The third-order valence-corrected chi connectivity index (χ3v) is 3.50.